The van der Waals surface area contributed by atoms with Gasteiger partial charge in [-0.1, -0.05) is 11.6 Å². The van der Waals surface area contributed by atoms with E-state index in [0.29, 0.717) is 16.4 Å². The van der Waals surface area contributed by atoms with Crippen LogP contribution < -0.4 is 5.56 Å². The number of nitrogens with zero attached hydrogens (tertiary/aromatic N) is 1. The van der Waals surface area contributed by atoms with Gasteiger partial charge in [0.2, 0.25) is 0 Å². The van der Waals surface area contributed by atoms with E-state index < -0.39 is 11.5 Å². The number of carbonyl (C=O) groups is 1. The van der Waals surface area contributed by atoms with E-state index in [1.165, 1.54) is 10.6 Å². The molecule has 0 atom stereocenters. The van der Waals surface area contributed by atoms with Crippen molar-refractivity contribution in [3.8, 4) is 5.69 Å². The number of carboxylic acids is 1. The fourth-order valence-electron chi connectivity index (χ4n) is 1.70. The molecule has 0 aliphatic rings. The number of pyridine rings is 1. The highest BCUT2D eigenvalue weighted by Gasteiger charge is 2.13. The molecule has 0 aliphatic heterocycles. The minimum absolute atomic E-state index is 0.254. The molecule has 0 bridgehead atoms. The molecule has 1 aromatic heterocycles. The molecule has 92 valence electrons. The molecule has 0 radical (unpaired) electrons. The third-order valence-electron chi connectivity index (χ3n) is 2.59. The van der Waals surface area contributed by atoms with Crippen molar-refractivity contribution in [2.24, 2.45) is 0 Å². The molecule has 1 heterocycles. The maximum Gasteiger partial charge on any atom is 0.341 e. The summed E-state index contributed by atoms with van der Waals surface area (Å²) in [5.74, 6) is -1.23. The first-order valence-corrected chi connectivity index (χ1v) is 5.60. The summed E-state index contributed by atoms with van der Waals surface area (Å²) in [4.78, 5) is 23.0. The van der Waals surface area contributed by atoms with Gasteiger partial charge in [-0.25, -0.2) is 4.79 Å². The van der Waals surface area contributed by atoms with Crippen LogP contribution in [0.2, 0.25) is 5.02 Å². The number of hydrogen-bond donors (Lipinski definition) is 1. The largest absolute Gasteiger partial charge is 0.477 e. The summed E-state index contributed by atoms with van der Waals surface area (Å²) in [6.07, 6.45) is 0. The fraction of sp³-hybridized carbons (Fsp3) is 0.0769. The third-order valence-corrected chi connectivity index (χ3v) is 2.84. The predicted octanol–water partition coefficient (Wildman–Crippen LogP) is 2.50. The zero-order valence-electron chi connectivity index (χ0n) is 9.55. The summed E-state index contributed by atoms with van der Waals surface area (Å²) in [6, 6.07) is 9.54. The summed E-state index contributed by atoms with van der Waals surface area (Å²) >= 11 is 5.78. The highest BCUT2D eigenvalue weighted by Crippen LogP contribution is 2.14. The Morgan fingerprint density at radius 2 is 1.78 bits per heavy atom. The Morgan fingerprint density at radius 1 is 1.17 bits per heavy atom. The van der Waals surface area contributed by atoms with Gasteiger partial charge >= 0.3 is 5.97 Å². The lowest BCUT2D eigenvalue weighted by Gasteiger charge is -2.10. The maximum absolute atomic E-state index is 12.1. The number of halogens is 1. The molecule has 0 fully saturated rings. The molecule has 18 heavy (non-hydrogen) atoms. The molecule has 1 N–H and O–H groups in total. The average Bonchev–Trinajstić information content (AvgIpc) is 2.31. The molecule has 0 saturated carbocycles. The van der Waals surface area contributed by atoms with Crippen LogP contribution in [0.3, 0.4) is 0 Å². The highest BCUT2D eigenvalue weighted by molar-refractivity contribution is 6.30. The SMILES string of the molecule is Cc1ccc(C(=O)O)c(=O)n1-c1ccc(Cl)cc1. The number of hydrogen-bond acceptors (Lipinski definition) is 2. The third kappa shape index (κ3) is 2.15. The van der Waals surface area contributed by atoms with Crippen LogP contribution in [0.1, 0.15) is 16.1 Å². The van der Waals surface area contributed by atoms with Gasteiger partial charge in [0.15, 0.2) is 0 Å². The lowest BCUT2D eigenvalue weighted by molar-refractivity contribution is 0.0694. The quantitative estimate of drug-likeness (QED) is 0.906. The van der Waals surface area contributed by atoms with Crippen molar-refractivity contribution in [1.82, 2.24) is 4.57 Å². The van der Waals surface area contributed by atoms with Crippen LogP contribution in [0.15, 0.2) is 41.2 Å². The Hall–Kier alpha value is -2.07. The summed E-state index contributed by atoms with van der Waals surface area (Å²) in [6.45, 7) is 1.74. The van der Waals surface area contributed by atoms with Gasteiger partial charge in [0, 0.05) is 16.4 Å². The van der Waals surface area contributed by atoms with Gasteiger partial charge in [0.25, 0.3) is 5.56 Å². The van der Waals surface area contributed by atoms with Crippen LogP contribution in [-0.4, -0.2) is 15.6 Å². The fourth-order valence-corrected chi connectivity index (χ4v) is 1.83. The molecular weight excluding hydrogens is 254 g/mol. The number of aromatic nitrogens is 1. The van der Waals surface area contributed by atoms with Crippen LogP contribution in [0.25, 0.3) is 5.69 Å². The Balaban J connectivity index is 2.71. The van der Waals surface area contributed by atoms with Crippen LogP contribution in [0, 0.1) is 6.92 Å². The van der Waals surface area contributed by atoms with Crippen LogP contribution in [0.5, 0.6) is 0 Å². The Labute approximate surface area is 108 Å². The monoisotopic (exact) mass is 263 g/mol. The number of rotatable bonds is 2. The number of benzene rings is 1. The Morgan fingerprint density at radius 3 is 2.33 bits per heavy atom. The summed E-state index contributed by atoms with van der Waals surface area (Å²) in [5, 5.41) is 9.49. The van der Waals surface area contributed by atoms with E-state index in [2.05, 4.69) is 0 Å². The standard InChI is InChI=1S/C13H10ClNO3/c1-8-2-7-11(13(17)18)12(16)15(8)10-5-3-9(14)4-6-10/h2-7H,1H3,(H,17,18). The molecule has 4 nitrogen and oxygen atoms in total. The normalized spacial score (nSPS) is 10.3. The van der Waals surface area contributed by atoms with Crippen molar-refractivity contribution in [3.63, 3.8) is 0 Å². The van der Waals surface area contributed by atoms with E-state index >= 15 is 0 Å². The molecule has 2 rings (SSSR count). The van der Waals surface area contributed by atoms with Gasteiger partial charge in [0.05, 0.1) is 0 Å². The molecule has 0 unspecified atom stereocenters. The molecule has 0 amide bonds. The van der Waals surface area contributed by atoms with Crippen LogP contribution in [-0.2, 0) is 0 Å². The van der Waals surface area contributed by atoms with Gasteiger partial charge in [0.1, 0.15) is 5.56 Å². The summed E-state index contributed by atoms with van der Waals surface area (Å²) in [7, 11) is 0. The molecule has 0 saturated heterocycles. The minimum Gasteiger partial charge on any atom is -0.477 e. The van der Waals surface area contributed by atoms with E-state index in [1.807, 2.05) is 0 Å². The highest BCUT2D eigenvalue weighted by atomic mass is 35.5. The van der Waals surface area contributed by atoms with Crippen molar-refractivity contribution in [2.75, 3.05) is 0 Å². The molecule has 2 aromatic rings. The smallest absolute Gasteiger partial charge is 0.341 e. The van der Waals surface area contributed by atoms with Gasteiger partial charge in [-0.05, 0) is 43.3 Å². The Kier molecular flexibility index (Phi) is 3.21. The topological polar surface area (TPSA) is 59.3 Å². The van der Waals surface area contributed by atoms with E-state index in [4.69, 9.17) is 16.7 Å². The van der Waals surface area contributed by atoms with E-state index in [0.717, 1.165) is 0 Å². The number of aromatic carboxylic acids is 1. The average molecular weight is 264 g/mol. The predicted molar refractivity (Wildman–Crippen MR) is 68.7 cm³/mol. The van der Waals surface area contributed by atoms with Gasteiger partial charge < -0.3 is 5.11 Å². The van der Waals surface area contributed by atoms with E-state index in [-0.39, 0.29) is 5.56 Å². The van der Waals surface area contributed by atoms with Crippen molar-refractivity contribution in [2.45, 2.75) is 6.92 Å². The zero-order valence-corrected chi connectivity index (χ0v) is 10.3. The molecule has 0 aliphatic carbocycles. The first-order chi connectivity index (χ1) is 8.50. The summed E-state index contributed by atoms with van der Waals surface area (Å²) < 4.78 is 1.35. The maximum atomic E-state index is 12.1. The second-order valence-electron chi connectivity index (χ2n) is 3.81. The van der Waals surface area contributed by atoms with Crippen molar-refractivity contribution in [1.29, 1.82) is 0 Å². The molecule has 1 aromatic carbocycles. The number of aryl methyl sites for hydroxylation is 1. The number of carboxylic acid groups (broad SMARTS) is 1. The summed E-state index contributed by atoms with van der Waals surface area (Å²) in [5.41, 5.74) is 0.442. The molecule has 0 spiro atoms. The first kappa shape index (κ1) is 12.4. The van der Waals surface area contributed by atoms with Crippen molar-refractivity contribution >= 4 is 17.6 Å². The molecule has 5 heteroatoms. The lowest BCUT2D eigenvalue weighted by Crippen LogP contribution is -2.26. The van der Waals surface area contributed by atoms with Gasteiger partial charge in [-0.15, -0.1) is 0 Å². The lowest BCUT2D eigenvalue weighted by atomic mass is 10.2. The second kappa shape index (κ2) is 4.66. The minimum atomic E-state index is -1.23. The van der Waals surface area contributed by atoms with Gasteiger partial charge in [-0.3, -0.25) is 9.36 Å². The van der Waals surface area contributed by atoms with E-state index in [9.17, 15) is 9.59 Å². The Bertz CT molecular complexity index is 659. The van der Waals surface area contributed by atoms with Crippen molar-refractivity contribution < 1.29 is 9.90 Å². The second-order valence-corrected chi connectivity index (χ2v) is 4.25. The first-order valence-electron chi connectivity index (χ1n) is 5.22. The van der Waals surface area contributed by atoms with Crippen LogP contribution >= 0.6 is 11.6 Å². The van der Waals surface area contributed by atoms with Crippen molar-refractivity contribution in [3.05, 3.63) is 63.0 Å². The molecular formula is C13H10ClNO3. The van der Waals surface area contributed by atoms with E-state index in [1.54, 1.807) is 37.3 Å². The van der Waals surface area contributed by atoms with Gasteiger partial charge in [-0.2, -0.15) is 0 Å². The zero-order chi connectivity index (χ0) is 13.3. The van der Waals surface area contributed by atoms with Crippen LogP contribution in [0.4, 0.5) is 0 Å².